The largest absolute Gasteiger partial charge is 0.469 e. The Hall–Kier alpha value is -6.40. The van der Waals surface area contributed by atoms with Crippen LogP contribution in [0.4, 0.5) is 5.69 Å². The van der Waals surface area contributed by atoms with Crippen LogP contribution in [-0.4, -0.2) is 49.7 Å². The number of hydrogen-bond donors (Lipinski definition) is 5. The van der Waals surface area contributed by atoms with E-state index in [0.29, 0.717) is 23.0 Å². The van der Waals surface area contributed by atoms with E-state index in [4.69, 9.17) is 23.5 Å². The normalized spacial score (nSPS) is 21.5. The lowest BCUT2D eigenvalue weighted by Gasteiger charge is -2.30. The fraction of sp³-hybridized carbons (Fsp3) is 0.256. The number of carbonyl (C=O) groups is 2. The number of aromatic nitrogens is 3. The van der Waals surface area contributed by atoms with E-state index < -0.39 is 41.1 Å². The number of nitrogens with zero attached hydrogens (tertiary/aromatic N) is 2. The summed E-state index contributed by atoms with van der Waals surface area (Å²) in [7, 11) is 0. The van der Waals surface area contributed by atoms with E-state index in [1.807, 2.05) is 50.4 Å². The van der Waals surface area contributed by atoms with Gasteiger partial charge in [-0.2, -0.15) is 0 Å². The minimum atomic E-state index is -1.83. The van der Waals surface area contributed by atoms with Crippen molar-refractivity contribution in [2.45, 2.75) is 62.4 Å². The summed E-state index contributed by atoms with van der Waals surface area (Å²) in [4.78, 5) is 41.4. The molecule has 0 saturated heterocycles. The molecule has 6 aromatic rings. The predicted molar refractivity (Wildman–Crippen MR) is 205 cm³/mol. The first-order chi connectivity index (χ1) is 26.6. The van der Waals surface area contributed by atoms with Crippen molar-refractivity contribution in [3.05, 3.63) is 121 Å². The molecule has 10 bridgehead atoms. The fourth-order valence-electron chi connectivity index (χ4n) is 8.90. The number of aliphatic hydroxyl groups is 1. The second-order valence-corrected chi connectivity index (χ2v) is 15.2. The SMILES string of the molecule is C=CCC(O)(CC=C)C(=O)N[C@H]1Cc2ccc3c(c2)C24c5cccc(c5NC2O3)-c2cccc3[nH]cc(c23)-c2cnc(o2)-c2nc(oc24)[C@H](C(C)C)NC1=O. The number of anilines is 1. The van der Waals surface area contributed by atoms with Crippen LogP contribution in [0.5, 0.6) is 5.75 Å². The Bertz CT molecular complexity index is 2600. The molecule has 55 heavy (non-hydrogen) atoms. The van der Waals surface area contributed by atoms with Crippen molar-refractivity contribution in [1.29, 1.82) is 0 Å². The number of fused-ring (bicyclic) bond motifs is 7. The maximum absolute atomic E-state index is 14.4. The molecule has 5 N–H and O–H groups in total. The van der Waals surface area contributed by atoms with E-state index in [-0.39, 0.29) is 37.0 Å². The molecule has 2 unspecified atom stereocenters. The van der Waals surface area contributed by atoms with Crippen LogP contribution < -0.4 is 20.7 Å². The van der Waals surface area contributed by atoms with E-state index in [9.17, 15) is 14.7 Å². The molecule has 12 heteroatoms. The molecule has 10 rings (SSSR count). The minimum Gasteiger partial charge on any atom is -0.469 e. The van der Waals surface area contributed by atoms with E-state index in [1.54, 1.807) is 6.20 Å². The first-order valence-electron chi connectivity index (χ1n) is 18.5. The first kappa shape index (κ1) is 33.2. The van der Waals surface area contributed by atoms with Gasteiger partial charge in [0.2, 0.25) is 17.7 Å². The highest BCUT2D eigenvalue weighted by molar-refractivity contribution is 6.07. The van der Waals surface area contributed by atoms with Crippen LogP contribution in [0, 0.1) is 5.92 Å². The second-order valence-electron chi connectivity index (χ2n) is 15.2. The number of carbonyl (C=O) groups excluding carboxylic acids is 2. The zero-order valence-corrected chi connectivity index (χ0v) is 30.2. The zero-order chi connectivity index (χ0) is 37.8. The Morgan fingerprint density at radius 1 is 1.05 bits per heavy atom. The molecular weight excluding hydrogens is 697 g/mol. The number of oxazole rings is 2. The van der Waals surface area contributed by atoms with Gasteiger partial charge in [0.05, 0.1) is 6.20 Å². The Labute approximate surface area is 315 Å². The smallest absolute Gasteiger partial charge is 0.253 e. The van der Waals surface area contributed by atoms with Gasteiger partial charge in [0.25, 0.3) is 5.91 Å². The van der Waals surface area contributed by atoms with Gasteiger partial charge in [0.15, 0.2) is 23.4 Å². The summed E-state index contributed by atoms with van der Waals surface area (Å²) in [6, 6.07) is 16.4. The number of rotatable bonds is 7. The second kappa shape index (κ2) is 11.8. The third-order valence-corrected chi connectivity index (χ3v) is 11.5. The van der Waals surface area contributed by atoms with Crippen LogP contribution in [0.15, 0.2) is 101 Å². The molecule has 4 aliphatic rings. The van der Waals surface area contributed by atoms with Gasteiger partial charge in [-0.25, -0.2) is 9.97 Å². The zero-order valence-electron chi connectivity index (χ0n) is 30.2. The van der Waals surface area contributed by atoms with Crippen molar-refractivity contribution >= 4 is 28.4 Å². The number of hydrogen-bond acceptors (Lipinski definition) is 9. The summed E-state index contributed by atoms with van der Waals surface area (Å²) in [6.45, 7) is 11.4. The molecule has 7 heterocycles. The molecule has 2 amide bonds. The Kier molecular flexibility index (Phi) is 7.12. The van der Waals surface area contributed by atoms with Gasteiger partial charge in [0.1, 0.15) is 28.8 Å². The maximum Gasteiger partial charge on any atom is 0.253 e. The number of H-pyrrole nitrogens is 1. The number of amides is 2. The molecule has 4 atom stereocenters. The fourth-order valence-corrected chi connectivity index (χ4v) is 8.90. The molecule has 12 nitrogen and oxygen atoms in total. The van der Waals surface area contributed by atoms with Crippen molar-refractivity contribution in [2.75, 3.05) is 5.32 Å². The molecule has 3 aromatic carbocycles. The van der Waals surface area contributed by atoms with Gasteiger partial charge in [-0.1, -0.05) is 68.5 Å². The van der Waals surface area contributed by atoms with Crippen LogP contribution in [0.3, 0.4) is 0 Å². The lowest BCUT2D eigenvalue weighted by atomic mass is 9.72. The highest BCUT2D eigenvalue weighted by Gasteiger charge is 2.61. The summed E-state index contributed by atoms with van der Waals surface area (Å²) in [5.41, 5.74) is 4.62. The topological polar surface area (TPSA) is 168 Å². The van der Waals surface area contributed by atoms with Crippen molar-refractivity contribution < 1.29 is 28.3 Å². The molecule has 4 aliphatic heterocycles. The molecule has 0 fully saturated rings. The molecule has 276 valence electrons. The number of para-hydroxylation sites is 1. The van der Waals surface area contributed by atoms with Crippen LogP contribution in [-0.2, 0) is 21.4 Å². The summed E-state index contributed by atoms with van der Waals surface area (Å²) in [5, 5.41) is 22.1. The summed E-state index contributed by atoms with van der Waals surface area (Å²) in [5.74, 6) is 0.799. The van der Waals surface area contributed by atoms with Crippen LogP contribution in [0.25, 0.3) is 44.9 Å². The maximum atomic E-state index is 14.4. The van der Waals surface area contributed by atoms with Crippen LogP contribution >= 0.6 is 0 Å². The number of aromatic amines is 1. The third kappa shape index (κ3) is 4.61. The molecule has 0 radical (unpaired) electrons. The Morgan fingerprint density at radius 2 is 1.85 bits per heavy atom. The average Bonchev–Trinajstić information content (AvgIpc) is 3.99. The summed E-state index contributed by atoms with van der Waals surface area (Å²) in [6.07, 6.45) is 6.00. The number of nitrogens with one attached hydrogen (secondary N) is 4. The van der Waals surface area contributed by atoms with Crippen molar-refractivity contribution in [1.82, 2.24) is 25.6 Å². The van der Waals surface area contributed by atoms with Gasteiger partial charge in [-0.15, -0.1) is 13.2 Å². The molecule has 0 saturated carbocycles. The van der Waals surface area contributed by atoms with Gasteiger partial charge < -0.3 is 39.6 Å². The monoisotopic (exact) mass is 734 g/mol. The van der Waals surface area contributed by atoms with E-state index >= 15 is 0 Å². The van der Waals surface area contributed by atoms with Crippen molar-refractivity contribution in [3.8, 4) is 39.8 Å². The van der Waals surface area contributed by atoms with E-state index in [1.165, 1.54) is 12.2 Å². The summed E-state index contributed by atoms with van der Waals surface area (Å²) < 4.78 is 20.5. The average molecular weight is 735 g/mol. The van der Waals surface area contributed by atoms with Gasteiger partial charge in [0, 0.05) is 64.3 Å². The van der Waals surface area contributed by atoms with Gasteiger partial charge >= 0.3 is 0 Å². The minimum absolute atomic E-state index is 0.0215. The lowest BCUT2D eigenvalue weighted by molar-refractivity contribution is -0.142. The molecule has 1 spiro atoms. The van der Waals surface area contributed by atoms with Gasteiger partial charge in [-0.05, 0) is 29.2 Å². The number of benzene rings is 3. The molecule has 3 aromatic heterocycles. The molecule has 0 aliphatic carbocycles. The third-order valence-electron chi connectivity index (χ3n) is 11.5. The van der Waals surface area contributed by atoms with Crippen LogP contribution in [0.2, 0.25) is 0 Å². The Balaban J connectivity index is 1.24. The van der Waals surface area contributed by atoms with E-state index in [0.717, 1.165) is 50.0 Å². The quantitative estimate of drug-likeness (QED) is 0.113. The highest BCUT2D eigenvalue weighted by Crippen LogP contribution is 2.61. The molecular formula is C43H38N6O6. The van der Waals surface area contributed by atoms with E-state index in [2.05, 4.69) is 58.4 Å². The predicted octanol–water partition coefficient (Wildman–Crippen LogP) is 6.67. The van der Waals surface area contributed by atoms with Gasteiger partial charge in [-0.3, -0.25) is 9.59 Å². The highest BCUT2D eigenvalue weighted by atomic mass is 16.5. The standard InChI is InChI=1S/C43H38N6O6/c1-5-15-42(52,16-6-2)40(51)46-29-18-22-13-14-30-27(17-22)43-26-11-7-10-24(34(26)49-41(43)54-30)23-9-8-12-28-32(23)25(19-44-28)31-20-45-38(53-31)35-36(43)55-39(48-35)33(21(3)4)47-37(29)50/h5-14,17,19-21,29,33,41,44,49,52H,1-2,15-16,18H2,3-4H3,(H,46,51)(H,47,50)/t29-,33-,41?,43?/m0/s1. The van der Waals surface area contributed by atoms with Crippen molar-refractivity contribution in [2.24, 2.45) is 5.92 Å². The van der Waals surface area contributed by atoms with Crippen LogP contribution in [0.1, 0.15) is 61.1 Å². The Morgan fingerprint density at radius 3 is 2.65 bits per heavy atom. The van der Waals surface area contributed by atoms with Crippen molar-refractivity contribution in [3.63, 3.8) is 0 Å². The lowest BCUT2D eigenvalue weighted by Crippen LogP contribution is -2.55. The number of ether oxygens (including phenoxy) is 1. The first-order valence-corrected chi connectivity index (χ1v) is 18.5. The summed E-state index contributed by atoms with van der Waals surface area (Å²) >= 11 is 0.